The van der Waals surface area contributed by atoms with Gasteiger partial charge in [-0.25, -0.2) is 0 Å². The van der Waals surface area contributed by atoms with Crippen LogP contribution in [0.25, 0.3) is 0 Å². The number of benzene rings is 1. The van der Waals surface area contributed by atoms with Crippen molar-refractivity contribution in [1.82, 2.24) is 4.90 Å². The molecule has 2 bridgehead atoms. The molecule has 0 spiro atoms. The van der Waals surface area contributed by atoms with Crippen molar-refractivity contribution in [3.05, 3.63) is 23.3 Å². The number of nitrogens with zero attached hydrogens (tertiary/aromatic N) is 1. The molecule has 7 atom stereocenters. The fraction of sp³-hybridized carbons (Fsp3) is 0.725. The normalized spacial score (nSPS) is 26.2. The highest BCUT2D eigenvalue weighted by atomic mass is 16.7. The molecule has 1 aromatic rings. The Morgan fingerprint density at radius 1 is 0.698 bits per heavy atom. The van der Waals surface area contributed by atoms with Gasteiger partial charge in [-0.1, -0.05) is 0 Å². The molecule has 2 heterocycles. The minimum Gasteiger partial charge on any atom is -0.497 e. The van der Waals surface area contributed by atoms with Crippen LogP contribution in [0.4, 0.5) is 0 Å². The zero-order chi connectivity index (χ0) is 40.0. The number of methoxy groups -OCH3 is 2. The lowest BCUT2D eigenvalue weighted by Crippen LogP contribution is -2.68. The lowest BCUT2D eigenvalue weighted by Gasteiger charge is -2.53. The summed E-state index contributed by atoms with van der Waals surface area (Å²) in [5.41, 5.74) is -2.29. The summed E-state index contributed by atoms with van der Waals surface area (Å²) in [5.74, 6) is -1.75. The number of fused-ring (bicyclic) bond motifs is 4. The molecule has 2 unspecified atom stereocenters. The summed E-state index contributed by atoms with van der Waals surface area (Å²) in [6, 6.07) is 3.06. The van der Waals surface area contributed by atoms with Crippen LogP contribution in [0.5, 0.6) is 11.5 Å². The number of carbonyl (C=O) groups is 5. The minimum absolute atomic E-state index is 0.00855. The van der Waals surface area contributed by atoms with Gasteiger partial charge in [-0.15, -0.1) is 0 Å². The monoisotopic (exact) mass is 745 g/mol. The predicted octanol–water partition coefficient (Wildman–Crippen LogP) is 5.73. The molecule has 2 saturated heterocycles. The van der Waals surface area contributed by atoms with Gasteiger partial charge in [0.1, 0.15) is 24.2 Å². The van der Waals surface area contributed by atoms with Gasteiger partial charge in [-0.2, -0.15) is 0 Å². The number of piperidine rings is 1. The Kier molecular flexibility index (Phi) is 11.9. The Labute approximate surface area is 313 Å². The van der Waals surface area contributed by atoms with E-state index in [4.69, 9.17) is 33.2 Å². The first-order valence-corrected chi connectivity index (χ1v) is 18.3. The number of hydrogen-bond acceptors (Lipinski definition) is 12. The molecule has 0 radical (unpaired) electrons. The summed E-state index contributed by atoms with van der Waals surface area (Å²) in [5, 5.41) is 0. The number of esters is 4. The number of likely N-dealkylation sites (tertiary alicyclic amines) is 1. The first kappa shape index (κ1) is 41.9. The predicted molar refractivity (Wildman–Crippen MR) is 193 cm³/mol. The van der Waals surface area contributed by atoms with E-state index in [-0.39, 0.29) is 18.2 Å². The average Bonchev–Trinajstić information content (AvgIpc) is 3.02. The molecule has 296 valence electrons. The van der Waals surface area contributed by atoms with Crippen LogP contribution >= 0.6 is 0 Å². The van der Waals surface area contributed by atoms with Crippen molar-refractivity contribution < 1.29 is 57.1 Å². The van der Waals surface area contributed by atoms with Crippen molar-refractivity contribution in [3.8, 4) is 11.5 Å². The molecule has 1 aliphatic carbocycles. The van der Waals surface area contributed by atoms with Crippen LogP contribution in [0.3, 0.4) is 0 Å². The lowest BCUT2D eigenvalue weighted by molar-refractivity contribution is -0.287. The standard InChI is InChI=1S/C40H59NO12/c1-37(2,3)33(43)49-20-26-29(51-34(44)38(4,5)6)30(52-35(45)39(7,8)9)31(53-36(46)40(10,11)12)32(50-26)41-24-16-21(17-27(41)42)15-22-18-23(47-13)19-25(48-14)28(22)24/h18-19,21,24,26,29-32H,15-17,20H2,1-14H3/t21?,24?,26-,29+,30+,31-,32-/m1/s1. The van der Waals surface area contributed by atoms with Crippen molar-refractivity contribution in [3.63, 3.8) is 0 Å². The SMILES string of the molecule is COc1cc2c(c(OC)c1)C1CC(CC(=O)N1[C@@H]1O[C@H](COC(=O)C(C)(C)C)[C@H](OC(=O)C(C)(C)C)[C@H](OC(=O)C(C)(C)C)[C@H]1OC(=O)C(C)(C)C)C2. The summed E-state index contributed by atoms with van der Waals surface area (Å²) >= 11 is 0. The van der Waals surface area contributed by atoms with Crippen molar-refractivity contribution in [2.45, 2.75) is 139 Å². The molecule has 13 heteroatoms. The molecule has 1 amide bonds. The van der Waals surface area contributed by atoms with E-state index >= 15 is 0 Å². The fourth-order valence-electron chi connectivity index (χ4n) is 6.50. The smallest absolute Gasteiger partial charge is 0.311 e. The van der Waals surface area contributed by atoms with Crippen LogP contribution in [0.15, 0.2) is 12.1 Å². The maximum atomic E-state index is 14.4. The van der Waals surface area contributed by atoms with Crippen molar-refractivity contribution in [2.24, 2.45) is 27.6 Å². The fourth-order valence-corrected chi connectivity index (χ4v) is 6.50. The van der Waals surface area contributed by atoms with Gasteiger partial charge in [0.15, 0.2) is 24.5 Å². The van der Waals surface area contributed by atoms with Crippen LogP contribution < -0.4 is 9.47 Å². The largest absolute Gasteiger partial charge is 0.497 e. The third-order valence-electron chi connectivity index (χ3n) is 9.58. The minimum atomic E-state index is -1.48. The Bertz CT molecular complexity index is 1570. The van der Waals surface area contributed by atoms with Crippen LogP contribution in [0, 0.1) is 27.6 Å². The molecule has 4 rings (SSSR count). The van der Waals surface area contributed by atoms with E-state index in [1.807, 2.05) is 6.07 Å². The maximum absolute atomic E-state index is 14.4. The van der Waals surface area contributed by atoms with Gasteiger partial charge >= 0.3 is 23.9 Å². The molecule has 2 fully saturated rings. The molecular weight excluding hydrogens is 686 g/mol. The zero-order valence-electron chi connectivity index (χ0n) is 33.9. The Hall–Kier alpha value is -3.87. The van der Waals surface area contributed by atoms with Crippen molar-refractivity contribution >= 4 is 29.8 Å². The number of carbonyl (C=O) groups excluding carboxylic acids is 5. The van der Waals surface area contributed by atoms with Gasteiger partial charge < -0.3 is 38.1 Å². The third kappa shape index (κ3) is 9.27. The Morgan fingerprint density at radius 2 is 1.21 bits per heavy atom. The second kappa shape index (κ2) is 15.1. The van der Waals surface area contributed by atoms with Crippen LogP contribution in [0.2, 0.25) is 0 Å². The molecule has 0 saturated carbocycles. The molecule has 2 aliphatic heterocycles. The Morgan fingerprint density at radius 3 is 1.70 bits per heavy atom. The number of rotatable bonds is 8. The van der Waals surface area contributed by atoms with Crippen LogP contribution in [0.1, 0.15) is 113 Å². The molecule has 0 aromatic heterocycles. The highest BCUT2D eigenvalue weighted by molar-refractivity contribution is 5.80. The van der Waals surface area contributed by atoms with Gasteiger partial charge in [0, 0.05) is 18.1 Å². The van der Waals surface area contributed by atoms with E-state index in [0.717, 1.165) is 11.1 Å². The summed E-state index contributed by atoms with van der Waals surface area (Å²) < 4.78 is 42.5. The van der Waals surface area contributed by atoms with E-state index in [2.05, 4.69) is 0 Å². The third-order valence-corrected chi connectivity index (χ3v) is 9.58. The second-order valence-corrected chi connectivity index (χ2v) is 18.5. The molecule has 53 heavy (non-hydrogen) atoms. The Balaban J connectivity index is 1.96. The van der Waals surface area contributed by atoms with E-state index in [1.165, 1.54) is 12.0 Å². The van der Waals surface area contributed by atoms with E-state index in [9.17, 15) is 24.0 Å². The number of amides is 1. The van der Waals surface area contributed by atoms with Crippen LogP contribution in [-0.4, -0.2) is 86.2 Å². The lowest BCUT2D eigenvalue weighted by atomic mass is 9.74. The first-order chi connectivity index (χ1) is 24.3. The highest BCUT2D eigenvalue weighted by Crippen LogP contribution is 2.50. The molecular formula is C40H59NO12. The van der Waals surface area contributed by atoms with Gasteiger partial charge in [0.2, 0.25) is 5.91 Å². The number of ether oxygens (including phenoxy) is 7. The zero-order valence-corrected chi connectivity index (χ0v) is 33.9. The quantitative estimate of drug-likeness (QED) is 0.236. The van der Waals surface area contributed by atoms with Crippen LogP contribution in [-0.2, 0) is 54.1 Å². The molecule has 13 nitrogen and oxygen atoms in total. The maximum Gasteiger partial charge on any atom is 0.311 e. The van der Waals surface area contributed by atoms with Crippen molar-refractivity contribution in [1.29, 1.82) is 0 Å². The highest BCUT2D eigenvalue weighted by Gasteiger charge is 2.59. The molecule has 3 aliphatic rings. The van der Waals surface area contributed by atoms with E-state index in [0.29, 0.717) is 24.3 Å². The summed E-state index contributed by atoms with van der Waals surface area (Å²) in [6.07, 6.45) is -5.69. The van der Waals surface area contributed by atoms with Gasteiger partial charge in [0.05, 0.1) is 41.9 Å². The molecule has 1 aromatic carbocycles. The molecule has 0 N–H and O–H groups in total. The topological polar surface area (TPSA) is 153 Å². The van der Waals surface area contributed by atoms with Crippen molar-refractivity contribution in [2.75, 3.05) is 20.8 Å². The van der Waals surface area contributed by atoms with Gasteiger partial charge in [-0.05, 0) is 113 Å². The van der Waals surface area contributed by atoms with Gasteiger partial charge in [0.25, 0.3) is 0 Å². The number of hydrogen-bond donors (Lipinski definition) is 0. The summed E-state index contributed by atoms with van der Waals surface area (Å²) in [4.78, 5) is 70.3. The summed E-state index contributed by atoms with van der Waals surface area (Å²) in [6.45, 7) is 19.6. The second-order valence-electron chi connectivity index (χ2n) is 18.5. The summed E-state index contributed by atoms with van der Waals surface area (Å²) in [7, 11) is 3.11. The first-order valence-electron chi connectivity index (χ1n) is 18.3. The average molecular weight is 746 g/mol. The van der Waals surface area contributed by atoms with E-state index < -0.39 is 88.8 Å². The van der Waals surface area contributed by atoms with E-state index in [1.54, 1.807) is 96.3 Å². The van der Waals surface area contributed by atoms with Gasteiger partial charge in [-0.3, -0.25) is 24.0 Å².